The summed E-state index contributed by atoms with van der Waals surface area (Å²) in [6, 6.07) is 0. The van der Waals surface area contributed by atoms with E-state index in [1.165, 1.54) is 0 Å². The Morgan fingerprint density at radius 3 is 0.909 bits per heavy atom. The van der Waals surface area contributed by atoms with Crippen LogP contribution in [0.25, 0.3) is 0 Å². The van der Waals surface area contributed by atoms with E-state index in [4.69, 9.17) is 0 Å². The van der Waals surface area contributed by atoms with Gasteiger partial charge >= 0.3 is 46.6 Å². The fraction of sp³-hybridized carbons (Fsp3) is 0.600. The molecule has 0 aliphatic carbocycles. The fourth-order valence-corrected chi connectivity index (χ4v) is 1.44. The molecule has 0 atom stereocenters. The van der Waals surface area contributed by atoms with E-state index in [1.807, 2.05) is 0 Å². The van der Waals surface area contributed by atoms with E-state index in [0.717, 1.165) is 9.80 Å². The van der Waals surface area contributed by atoms with Gasteiger partial charge in [-0.3, -0.25) is 9.80 Å². The summed E-state index contributed by atoms with van der Waals surface area (Å²) in [5, 5.41) is 41.6. The first-order valence-corrected chi connectivity index (χ1v) is 5.44. The molecule has 0 fully saturated rings. The smallest absolute Gasteiger partial charge is 0.549 e. The third-order valence-electron chi connectivity index (χ3n) is 2.14. The standard InChI is InChI=1S/C10H16N2O8.Cu.Na/c13-7(14)3-11(4-8(15)16)1-2-12(5-9(17)18)6-10(19)20;;/h1-6H2,(H,13,14)(H,15,16)(H,17,18)(H,19,20);;/q;2*+1/p-4. The van der Waals surface area contributed by atoms with Gasteiger partial charge in [0.15, 0.2) is 0 Å². The number of carboxylic acid groups (broad SMARTS) is 4. The SMILES string of the molecule is O=C([O-])CN(CCN(CC(=O)[O-])CC(=O)[O-])CC(=O)[O-].[Cu+].[Na+]. The first-order chi connectivity index (χ1) is 9.20. The van der Waals surface area contributed by atoms with E-state index in [2.05, 4.69) is 0 Å². The Labute approximate surface area is 158 Å². The van der Waals surface area contributed by atoms with Gasteiger partial charge < -0.3 is 39.6 Å². The largest absolute Gasteiger partial charge is 1.00 e. The summed E-state index contributed by atoms with van der Waals surface area (Å²) in [6.07, 6.45) is 0. The maximum absolute atomic E-state index is 10.4. The molecule has 10 nitrogen and oxygen atoms in total. The number of rotatable bonds is 11. The summed E-state index contributed by atoms with van der Waals surface area (Å²) in [5.41, 5.74) is 0. The van der Waals surface area contributed by atoms with Gasteiger partial charge in [-0.25, -0.2) is 0 Å². The van der Waals surface area contributed by atoms with Crippen LogP contribution in [0.2, 0.25) is 0 Å². The van der Waals surface area contributed by atoms with Crippen molar-refractivity contribution in [3.63, 3.8) is 0 Å². The summed E-state index contributed by atoms with van der Waals surface area (Å²) in [7, 11) is 0. The Kier molecular flexibility index (Phi) is 16.6. The molecular formula is C10H12CuN2NaO8-2. The van der Waals surface area contributed by atoms with Gasteiger partial charge in [0, 0.05) is 39.3 Å². The molecule has 124 valence electrons. The second-order valence-electron chi connectivity index (χ2n) is 3.91. The molecule has 22 heavy (non-hydrogen) atoms. The monoisotopic (exact) mass is 374 g/mol. The zero-order valence-corrected chi connectivity index (χ0v) is 14.6. The van der Waals surface area contributed by atoms with Crippen LogP contribution < -0.4 is 50.0 Å². The molecule has 0 amide bonds. The number of aliphatic carboxylic acids is 4. The van der Waals surface area contributed by atoms with E-state index in [1.54, 1.807) is 0 Å². The summed E-state index contributed by atoms with van der Waals surface area (Å²) in [5.74, 6) is -6.12. The first kappa shape index (κ1) is 26.2. The Morgan fingerprint density at radius 1 is 0.591 bits per heavy atom. The van der Waals surface area contributed by atoms with Crippen molar-refractivity contribution < 1.29 is 86.2 Å². The second kappa shape index (κ2) is 13.9. The van der Waals surface area contributed by atoms with Crippen molar-refractivity contribution in [1.29, 1.82) is 0 Å². The Hall–Kier alpha value is -0.681. The van der Waals surface area contributed by atoms with Gasteiger partial charge in [-0.15, -0.1) is 0 Å². The molecule has 0 saturated carbocycles. The van der Waals surface area contributed by atoms with Gasteiger partial charge in [0.05, 0.1) is 23.9 Å². The maximum atomic E-state index is 10.4. The topological polar surface area (TPSA) is 167 Å². The molecule has 0 aromatic carbocycles. The van der Waals surface area contributed by atoms with Crippen LogP contribution in [0.5, 0.6) is 0 Å². The van der Waals surface area contributed by atoms with E-state index in [-0.39, 0.29) is 59.7 Å². The predicted molar refractivity (Wildman–Crippen MR) is 52.9 cm³/mol. The zero-order chi connectivity index (χ0) is 15.7. The minimum atomic E-state index is -1.53. The van der Waals surface area contributed by atoms with Crippen LogP contribution in [0.1, 0.15) is 0 Å². The van der Waals surface area contributed by atoms with Gasteiger partial charge in [-0.2, -0.15) is 0 Å². The number of hydrogen-bond acceptors (Lipinski definition) is 10. The quantitative estimate of drug-likeness (QED) is 0.316. The van der Waals surface area contributed by atoms with Crippen LogP contribution in [0.4, 0.5) is 0 Å². The van der Waals surface area contributed by atoms with Crippen LogP contribution in [0.3, 0.4) is 0 Å². The van der Waals surface area contributed by atoms with Crippen molar-refractivity contribution in [3.8, 4) is 0 Å². The molecule has 0 aliphatic rings. The zero-order valence-electron chi connectivity index (χ0n) is 11.7. The molecule has 0 heterocycles. The van der Waals surface area contributed by atoms with Crippen LogP contribution in [0.15, 0.2) is 0 Å². The van der Waals surface area contributed by atoms with Crippen molar-refractivity contribution >= 4 is 23.9 Å². The average Bonchev–Trinajstić information content (AvgIpc) is 2.22. The summed E-state index contributed by atoms with van der Waals surface area (Å²) in [4.78, 5) is 43.4. The predicted octanol–water partition coefficient (Wildman–Crippen LogP) is -10.4. The molecule has 0 unspecified atom stereocenters. The van der Waals surface area contributed by atoms with Gasteiger partial charge in [0.1, 0.15) is 0 Å². The third kappa shape index (κ3) is 15.7. The summed E-state index contributed by atoms with van der Waals surface area (Å²) < 4.78 is 0. The molecule has 0 N–H and O–H groups in total. The minimum Gasteiger partial charge on any atom is -0.549 e. The van der Waals surface area contributed by atoms with E-state index >= 15 is 0 Å². The third-order valence-corrected chi connectivity index (χ3v) is 2.14. The van der Waals surface area contributed by atoms with Gasteiger partial charge in [-0.05, 0) is 0 Å². The van der Waals surface area contributed by atoms with Crippen molar-refractivity contribution in [2.75, 3.05) is 39.3 Å². The normalized spacial score (nSPS) is 9.73. The Morgan fingerprint density at radius 2 is 0.773 bits per heavy atom. The molecule has 0 rings (SSSR count). The number of carbonyl (C=O) groups is 4. The second-order valence-corrected chi connectivity index (χ2v) is 3.91. The van der Waals surface area contributed by atoms with Crippen LogP contribution in [-0.4, -0.2) is 72.9 Å². The van der Waals surface area contributed by atoms with Crippen molar-refractivity contribution in [2.24, 2.45) is 0 Å². The van der Waals surface area contributed by atoms with Gasteiger partial charge in [0.25, 0.3) is 0 Å². The molecule has 0 saturated heterocycles. The number of carboxylic acids is 4. The number of carbonyl (C=O) groups excluding carboxylic acids is 4. The van der Waals surface area contributed by atoms with Crippen LogP contribution in [-0.2, 0) is 36.2 Å². The molecule has 0 spiro atoms. The van der Waals surface area contributed by atoms with E-state index in [9.17, 15) is 39.6 Å². The maximum Gasteiger partial charge on any atom is 1.00 e. The van der Waals surface area contributed by atoms with Crippen molar-refractivity contribution in [3.05, 3.63) is 0 Å². The van der Waals surface area contributed by atoms with Gasteiger partial charge in [0.2, 0.25) is 0 Å². The summed E-state index contributed by atoms with van der Waals surface area (Å²) >= 11 is 0. The molecule has 0 aromatic rings. The molecule has 0 aliphatic heterocycles. The molecule has 0 radical (unpaired) electrons. The van der Waals surface area contributed by atoms with Crippen molar-refractivity contribution in [1.82, 2.24) is 9.80 Å². The molecular weight excluding hydrogens is 363 g/mol. The number of hydrogen-bond donors (Lipinski definition) is 0. The number of nitrogens with zero attached hydrogens (tertiary/aromatic N) is 2. The van der Waals surface area contributed by atoms with Crippen molar-refractivity contribution in [2.45, 2.75) is 0 Å². The Bertz CT molecular complexity index is 327. The molecule has 12 heteroatoms. The average molecular weight is 375 g/mol. The van der Waals surface area contributed by atoms with E-state index in [0.29, 0.717) is 0 Å². The molecule has 0 bridgehead atoms. The fourth-order valence-electron chi connectivity index (χ4n) is 1.44. The van der Waals surface area contributed by atoms with E-state index < -0.39 is 50.1 Å². The van der Waals surface area contributed by atoms with Gasteiger partial charge in [-0.1, -0.05) is 0 Å². The minimum absolute atomic E-state index is 0. The Balaban J connectivity index is -0.00000180. The molecule has 0 aromatic heterocycles. The summed E-state index contributed by atoms with van der Waals surface area (Å²) in [6.45, 7) is -3.25. The first-order valence-electron chi connectivity index (χ1n) is 5.44. The van der Waals surface area contributed by atoms with Crippen LogP contribution in [0, 0.1) is 0 Å². The van der Waals surface area contributed by atoms with Crippen LogP contribution >= 0.6 is 0 Å².